The number of hydrogen-bond donors (Lipinski definition) is 0. The Hall–Kier alpha value is -2.25. The van der Waals surface area contributed by atoms with Gasteiger partial charge in [0, 0.05) is 6.20 Å². The minimum atomic E-state index is -0.651. The number of aromatic nitrogens is 3. The first-order valence-electron chi connectivity index (χ1n) is 9.67. The number of nitrogens with zero attached hydrogens (tertiary/aromatic N) is 3. The Bertz CT molecular complexity index is 1060. The number of halogens is 1. The van der Waals surface area contributed by atoms with Crippen molar-refractivity contribution in [1.82, 2.24) is 14.5 Å². The van der Waals surface area contributed by atoms with Gasteiger partial charge in [-0.3, -0.25) is 0 Å². The lowest BCUT2D eigenvalue weighted by Crippen LogP contribution is -2.28. The van der Waals surface area contributed by atoms with Crippen molar-refractivity contribution in [2.45, 2.75) is 44.5 Å². The number of imidazole rings is 1. The smallest absolute Gasteiger partial charge is 0.164 e. The SMILES string of the molecule is CC1(C)O[C@H]2[C@H](O1)C(COCc1ccccc1)=C[C@@H]2n1cnc2c(Cl)nccc21. The van der Waals surface area contributed by atoms with Gasteiger partial charge in [0.2, 0.25) is 0 Å². The van der Waals surface area contributed by atoms with Crippen molar-refractivity contribution in [3.05, 3.63) is 71.3 Å². The van der Waals surface area contributed by atoms with Gasteiger partial charge in [0.15, 0.2) is 10.9 Å². The highest BCUT2D eigenvalue weighted by Gasteiger charge is 2.50. The molecule has 0 N–H and O–H groups in total. The summed E-state index contributed by atoms with van der Waals surface area (Å²) in [6, 6.07) is 12.0. The van der Waals surface area contributed by atoms with Crippen LogP contribution in [0.4, 0.5) is 0 Å². The number of fused-ring (bicyclic) bond motifs is 2. The van der Waals surface area contributed by atoms with Gasteiger partial charge in [-0.1, -0.05) is 48.0 Å². The zero-order valence-corrected chi connectivity index (χ0v) is 17.0. The highest BCUT2D eigenvalue weighted by molar-refractivity contribution is 6.33. The van der Waals surface area contributed by atoms with Crippen LogP contribution in [0.3, 0.4) is 0 Å². The van der Waals surface area contributed by atoms with Gasteiger partial charge in [0.05, 0.1) is 31.1 Å². The molecule has 2 aliphatic rings. The molecule has 0 radical (unpaired) electrons. The van der Waals surface area contributed by atoms with Crippen LogP contribution in [0.15, 0.2) is 60.6 Å². The van der Waals surface area contributed by atoms with Crippen molar-refractivity contribution in [3.8, 4) is 0 Å². The second-order valence-corrected chi connectivity index (χ2v) is 8.21. The minimum Gasteiger partial charge on any atom is -0.372 e. The van der Waals surface area contributed by atoms with Gasteiger partial charge in [0.1, 0.15) is 17.7 Å². The van der Waals surface area contributed by atoms with Gasteiger partial charge in [-0.05, 0) is 31.1 Å². The van der Waals surface area contributed by atoms with Crippen LogP contribution in [0.1, 0.15) is 25.5 Å². The third kappa shape index (κ3) is 3.46. The van der Waals surface area contributed by atoms with Gasteiger partial charge in [0.25, 0.3) is 0 Å². The molecule has 7 heteroatoms. The molecule has 0 unspecified atom stereocenters. The van der Waals surface area contributed by atoms with E-state index in [4.69, 9.17) is 25.8 Å². The van der Waals surface area contributed by atoms with Gasteiger partial charge in [-0.15, -0.1) is 0 Å². The summed E-state index contributed by atoms with van der Waals surface area (Å²) in [7, 11) is 0. The number of rotatable bonds is 5. The van der Waals surface area contributed by atoms with Crippen LogP contribution < -0.4 is 0 Å². The molecular formula is C22H22ClN3O3. The fraction of sp³-hybridized carbons (Fsp3) is 0.364. The summed E-state index contributed by atoms with van der Waals surface area (Å²) in [6.07, 6.45) is 5.35. The first-order valence-corrected chi connectivity index (χ1v) is 10.0. The van der Waals surface area contributed by atoms with Crippen LogP contribution in [-0.2, 0) is 20.8 Å². The van der Waals surface area contributed by atoms with Crippen LogP contribution in [0, 0.1) is 0 Å². The lowest BCUT2D eigenvalue weighted by Gasteiger charge is -2.22. The summed E-state index contributed by atoms with van der Waals surface area (Å²) in [5.74, 6) is -0.651. The van der Waals surface area contributed by atoms with E-state index >= 15 is 0 Å². The molecule has 1 aliphatic heterocycles. The van der Waals surface area contributed by atoms with Gasteiger partial charge in [-0.25, -0.2) is 9.97 Å². The fourth-order valence-corrected chi connectivity index (χ4v) is 4.33. The Morgan fingerprint density at radius 1 is 1.10 bits per heavy atom. The Morgan fingerprint density at radius 3 is 2.76 bits per heavy atom. The average molecular weight is 412 g/mol. The summed E-state index contributed by atoms with van der Waals surface area (Å²) < 4.78 is 20.5. The number of hydrogen-bond acceptors (Lipinski definition) is 5. The van der Waals surface area contributed by atoms with E-state index in [9.17, 15) is 0 Å². The lowest BCUT2D eigenvalue weighted by molar-refractivity contribution is -0.148. The monoisotopic (exact) mass is 411 g/mol. The molecule has 3 heterocycles. The fourth-order valence-electron chi connectivity index (χ4n) is 4.13. The van der Waals surface area contributed by atoms with E-state index < -0.39 is 5.79 Å². The highest BCUT2D eigenvalue weighted by Crippen LogP contribution is 2.44. The van der Waals surface area contributed by atoms with Crippen LogP contribution >= 0.6 is 11.6 Å². The summed E-state index contributed by atoms with van der Waals surface area (Å²) in [6.45, 7) is 4.93. The number of pyridine rings is 1. The van der Waals surface area contributed by atoms with Crippen LogP contribution in [0.2, 0.25) is 5.15 Å². The highest BCUT2D eigenvalue weighted by atomic mass is 35.5. The largest absolute Gasteiger partial charge is 0.372 e. The molecule has 0 amide bonds. The predicted octanol–water partition coefficient (Wildman–Crippen LogP) is 4.30. The van der Waals surface area contributed by atoms with Crippen LogP contribution in [-0.4, -0.2) is 39.1 Å². The molecule has 3 aromatic rings. The topological polar surface area (TPSA) is 58.4 Å². The van der Waals surface area contributed by atoms with E-state index in [0.717, 1.165) is 16.7 Å². The molecule has 3 atom stereocenters. The molecule has 0 spiro atoms. The Morgan fingerprint density at radius 2 is 1.93 bits per heavy atom. The normalized spacial score (nSPS) is 25.3. The first-order chi connectivity index (χ1) is 14.0. The maximum Gasteiger partial charge on any atom is 0.164 e. The molecule has 0 saturated carbocycles. The van der Waals surface area contributed by atoms with E-state index in [1.807, 2.05) is 38.1 Å². The average Bonchev–Trinajstić information content (AvgIpc) is 3.35. The molecule has 150 valence electrons. The Kier molecular flexibility index (Phi) is 4.67. The molecule has 1 aliphatic carbocycles. The quantitative estimate of drug-likeness (QED) is 0.462. The maximum atomic E-state index is 6.26. The van der Waals surface area contributed by atoms with Gasteiger partial charge < -0.3 is 18.8 Å². The van der Waals surface area contributed by atoms with Crippen molar-refractivity contribution in [1.29, 1.82) is 0 Å². The van der Waals surface area contributed by atoms with Crippen LogP contribution in [0.25, 0.3) is 11.0 Å². The molecule has 29 heavy (non-hydrogen) atoms. The molecule has 1 aromatic carbocycles. The molecule has 1 saturated heterocycles. The standard InChI is InChI=1S/C22H22ClN3O3/c1-22(2)28-19-15(12-27-11-14-6-4-3-5-7-14)10-17(20(19)29-22)26-13-25-18-16(26)8-9-24-21(18)23/h3-10,13,17,19-20H,11-12H2,1-2H3/t17-,19+,20+/m0/s1. The minimum absolute atomic E-state index is 0.0550. The molecule has 0 bridgehead atoms. The van der Waals surface area contributed by atoms with E-state index in [2.05, 4.69) is 32.7 Å². The van der Waals surface area contributed by atoms with Gasteiger partial charge in [-0.2, -0.15) is 0 Å². The second kappa shape index (κ2) is 7.22. The predicted molar refractivity (Wildman–Crippen MR) is 110 cm³/mol. The molecular weight excluding hydrogens is 390 g/mol. The van der Waals surface area contributed by atoms with Crippen molar-refractivity contribution >= 4 is 22.6 Å². The summed E-state index contributed by atoms with van der Waals surface area (Å²) in [4.78, 5) is 8.57. The number of ether oxygens (including phenoxy) is 3. The van der Waals surface area contributed by atoms with E-state index in [1.165, 1.54) is 0 Å². The van der Waals surface area contributed by atoms with Crippen LogP contribution in [0.5, 0.6) is 0 Å². The van der Waals surface area contributed by atoms with E-state index in [-0.39, 0.29) is 18.2 Å². The molecule has 6 nitrogen and oxygen atoms in total. The second-order valence-electron chi connectivity index (χ2n) is 7.85. The first kappa shape index (κ1) is 18.8. The van der Waals surface area contributed by atoms with Crippen molar-refractivity contribution < 1.29 is 14.2 Å². The molecule has 1 fully saturated rings. The van der Waals surface area contributed by atoms with E-state index in [1.54, 1.807) is 12.5 Å². The third-order valence-electron chi connectivity index (χ3n) is 5.37. The lowest BCUT2D eigenvalue weighted by atomic mass is 10.1. The summed E-state index contributed by atoms with van der Waals surface area (Å²) in [5, 5.41) is 0.398. The third-order valence-corrected chi connectivity index (χ3v) is 5.64. The molecule has 2 aromatic heterocycles. The summed E-state index contributed by atoms with van der Waals surface area (Å²) >= 11 is 6.21. The summed E-state index contributed by atoms with van der Waals surface area (Å²) in [5.41, 5.74) is 3.84. The number of benzene rings is 1. The van der Waals surface area contributed by atoms with Crippen molar-refractivity contribution in [2.75, 3.05) is 6.61 Å². The Labute approximate surface area is 174 Å². The van der Waals surface area contributed by atoms with Gasteiger partial charge >= 0.3 is 0 Å². The zero-order chi connectivity index (χ0) is 20.0. The molecule has 5 rings (SSSR count). The maximum absolute atomic E-state index is 6.26. The van der Waals surface area contributed by atoms with Crippen molar-refractivity contribution in [2.24, 2.45) is 0 Å². The zero-order valence-electron chi connectivity index (χ0n) is 16.3. The Balaban J connectivity index is 1.42. The van der Waals surface area contributed by atoms with E-state index in [0.29, 0.717) is 23.9 Å². The van der Waals surface area contributed by atoms with Crippen molar-refractivity contribution in [3.63, 3.8) is 0 Å².